The molecule has 1 atom stereocenters. The normalized spacial score (nSPS) is 19.4. The van der Waals surface area contributed by atoms with Crippen LogP contribution in [-0.2, 0) is 11.2 Å². The molecule has 1 aromatic rings. The minimum atomic E-state index is -0.0428. The fraction of sp³-hybridized carbons (Fsp3) is 0.364. The van der Waals surface area contributed by atoms with Crippen molar-refractivity contribution in [3.63, 3.8) is 0 Å². The molecule has 1 aliphatic rings. The molecule has 1 aliphatic heterocycles. The zero-order chi connectivity index (χ0) is 9.97. The molecule has 0 fully saturated rings. The number of rotatable bonds is 2. The zero-order valence-electron chi connectivity index (χ0n) is 8.03. The SMILES string of the molecule is COc1cccc2c1C[C@H](C=O)CO2. The molecule has 0 bridgehead atoms. The molecular formula is C11H12O3. The molecule has 0 amide bonds. The van der Waals surface area contributed by atoms with E-state index in [0.717, 1.165) is 23.3 Å². The zero-order valence-corrected chi connectivity index (χ0v) is 8.03. The molecular weight excluding hydrogens is 180 g/mol. The van der Waals surface area contributed by atoms with Gasteiger partial charge in [-0.1, -0.05) is 6.07 Å². The van der Waals surface area contributed by atoms with E-state index in [0.29, 0.717) is 13.0 Å². The van der Waals surface area contributed by atoms with E-state index in [1.54, 1.807) is 7.11 Å². The van der Waals surface area contributed by atoms with Crippen LogP contribution in [0.4, 0.5) is 0 Å². The quantitative estimate of drug-likeness (QED) is 0.665. The van der Waals surface area contributed by atoms with Gasteiger partial charge in [-0.3, -0.25) is 0 Å². The lowest BCUT2D eigenvalue weighted by molar-refractivity contribution is -0.112. The van der Waals surface area contributed by atoms with Gasteiger partial charge in [-0.05, 0) is 18.6 Å². The van der Waals surface area contributed by atoms with Gasteiger partial charge in [0.25, 0.3) is 0 Å². The molecule has 1 aromatic carbocycles. The summed E-state index contributed by atoms with van der Waals surface area (Å²) in [6.07, 6.45) is 1.65. The fourth-order valence-corrected chi connectivity index (χ4v) is 1.68. The Morgan fingerprint density at radius 1 is 1.57 bits per heavy atom. The predicted octanol–water partition coefficient (Wildman–Crippen LogP) is 1.45. The van der Waals surface area contributed by atoms with E-state index >= 15 is 0 Å². The second kappa shape index (κ2) is 3.70. The maximum absolute atomic E-state index is 10.6. The Bertz CT molecular complexity index is 332. The van der Waals surface area contributed by atoms with E-state index in [4.69, 9.17) is 9.47 Å². The maximum Gasteiger partial charge on any atom is 0.126 e. The smallest absolute Gasteiger partial charge is 0.126 e. The third-order valence-corrected chi connectivity index (χ3v) is 2.42. The Hall–Kier alpha value is -1.51. The highest BCUT2D eigenvalue weighted by molar-refractivity contribution is 5.58. The Morgan fingerprint density at radius 2 is 2.43 bits per heavy atom. The van der Waals surface area contributed by atoms with Gasteiger partial charge in [0, 0.05) is 5.56 Å². The first kappa shape index (κ1) is 9.06. The van der Waals surface area contributed by atoms with Gasteiger partial charge in [0.15, 0.2) is 0 Å². The van der Waals surface area contributed by atoms with Gasteiger partial charge in [-0.25, -0.2) is 0 Å². The summed E-state index contributed by atoms with van der Waals surface area (Å²) >= 11 is 0. The molecule has 3 nitrogen and oxygen atoms in total. The Labute approximate surface area is 82.6 Å². The third kappa shape index (κ3) is 1.45. The minimum Gasteiger partial charge on any atom is -0.496 e. The van der Waals surface area contributed by atoms with Crippen LogP contribution in [0.5, 0.6) is 11.5 Å². The summed E-state index contributed by atoms with van der Waals surface area (Å²) in [5.74, 6) is 1.59. The lowest BCUT2D eigenvalue weighted by atomic mass is 9.97. The number of benzene rings is 1. The van der Waals surface area contributed by atoms with Crippen LogP contribution in [0.3, 0.4) is 0 Å². The summed E-state index contributed by atoms with van der Waals surface area (Å²) < 4.78 is 10.7. The first-order valence-electron chi connectivity index (χ1n) is 4.59. The summed E-state index contributed by atoms with van der Waals surface area (Å²) in [5, 5.41) is 0. The molecule has 0 radical (unpaired) electrons. The summed E-state index contributed by atoms with van der Waals surface area (Å²) in [7, 11) is 1.63. The highest BCUT2D eigenvalue weighted by atomic mass is 16.5. The largest absolute Gasteiger partial charge is 0.496 e. The molecule has 14 heavy (non-hydrogen) atoms. The summed E-state index contributed by atoms with van der Waals surface area (Å²) in [6.45, 7) is 0.476. The van der Waals surface area contributed by atoms with Crippen molar-refractivity contribution in [1.82, 2.24) is 0 Å². The molecule has 1 heterocycles. The van der Waals surface area contributed by atoms with E-state index in [9.17, 15) is 4.79 Å². The molecule has 0 unspecified atom stereocenters. The van der Waals surface area contributed by atoms with E-state index in [-0.39, 0.29) is 5.92 Å². The second-order valence-corrected chi connectivity index (χ2v) is 3.35. The molecule has 74 valence electrons. The van der Waals surface area contributed by atoms with Crippen molar-refractivity contribution in [3.8, 4) is 11.5 Å². The number of methoxy groups -OCH3 is 1. The Morgan fingerprint density at radius 3 is 3.14 bits per heavy atom. The first-order chi connectivity index (χ1) is 6.85. The van der Waals surface area contributed by atoms with E-state index in [1.165, 1.54) is 0 Å². The van der Waals surface area contributed by atoms with Crippen LogP contribution < -0.4 is 9.47 Å². The van der Waals surface area contributed by atoms with E-state index in [1.807, 2.05) is 18.2 Å². The minimum absolute atomic E-state index is 0.0428. The van der Waals surface area contributed by atoms with Crippen LogP contribution in [0, 0.1) is 5.92 Å². The van der Waals surface area contributed by atoms with Gasteiger partial charge in [-0.2, -0.15) is 0 Å². The molecule has 0 aliphatic carbocycles. The van der Waals surface area contributed by atoms with Crippen molar-refractivity contribution in [1.29, 1.82) is 0 Å². The number of ether oxygens (including phenoxy) is 2. The van der Waals surface area contributed by atoms with Crippen molar-refractivity contribution in [2.75, 3.05) is 13.7 Å². The summed E-state index contributed by atoms with van der Waals surface area (Å²) in [6, 6.07) is 5.67. The Kier molecular flexibility index (Phi) is 2.39. The van der Waals surface area contributed by atoms with Gasteiger partial charge in [0.1, 0.15) is 17.8 Å². The molecule has 2 rings (SSSR count). The fourth-order valence-electron chi connectivity index (χ4n) is 1.68. The lowest BCUT2D eigenvalue weighted by Crippen LogP contribution is -2.22. The topological polar surface area (TPSA) is 35.5 Å². The summed E-state index contributed by atoms with van der Waals surface area (Å²) in [5.41, 5.74) is 0.998. The highest BCUT2D eigenvalue weighted by Crippen LogP contribution is 2.33. The number of hydrogen-bond acceptors (Lipinski definition) is 3. The van der Waals surface area contributed by atoms with Gasteiger partial charge in [0.2, 0.25) is 0 Å². The summed E-state index contributed by atoms with van der Waals surface area (Å²) in [4.78, 5) is 10.6. The standard InChI is InChI=1S/C11H12O3/c1-13-10-3-2-4-11-9(10)5-8(6-12)7-14-11/h2-4,6,8H,5,7H2,1H3/t8-/m1/s1. The maximum atomic E-state index is 10.6. The average Bonchev–Trinajstić information content (AvgIpc) is 2.27. The third-order valence-electron chi connectivity index (χ3n) is 2.42. The lowest BCUT2D eigenvalue weighted by Gasteiger charge is -2.23. The van der Waals surface area contributed by atoms with Gasteiger partial charge >= 0.3 is 0 Å². The van der Waals surface area contributed by atoms with Crippen LogP contribution in [-0.4, -0.2) is 20.0 Å². The van der Waals surface area contributed by atoms with Crippen molar-refractivity contribution < 1.29 is 14.3 Å². The van der Waals surface area contributed by atoms with Crippen LogP contribution in [0.2, 0.25) is 0 Å². The van der Waals surface area contributed by atoms with Crippen LogP contribution in [0.15, 0.2) is 18.2 Å². The molecule has 0 N–H and O–H groups in total. The number of carbonyl (C=O) groups excluding carboxylic acids is 1. The number of fused-ring (bicyclic) bond motifs is 1. The van der Waals surface area contributed by atoms with E-state index < -0.39 is 0 Å². The van der Waals surface area contributed by atoms with Crippen LogP contribution in [0.25, 0.3) is 0 Å². The average molecular weight is 192 g/mol. The number of aldehydes is 1. The predicted molar refractivity (Wildman–Crippen MR) is 51.7 cm³/mol. The Balaban J connectivity index is 2.37. The monoisotopic (exact) mass is 192 g/mol. The molecule has 0 saturated carbocycles. The van der Waals surface area contributed by atoms with Gasteiger partial charge < -0.3 is 14.3 Å². The first-order valence-corrected chi connectivity index (χ1v) is 4.59. The molecule has 3 heteroatoms. The highest BCUT2D eigenvalue weighted by Gasteiger charge is 2.21. The molecule has 0 saturated heterocycles. The molecule has 0 aromatic heterocycles. The molecule has 0 spiro atoms. The van der Waals surface area contributed by atoms with Gasteiger partial charge in [0.05, 0.1) is 19.6 Å². The number of hydrogen-bond donors (Lipinski definition) is 0. The van der Waals surface area contributed by atoms with Crippen molar-refractivity contribution in [2.45, 2.75) is 6.42 Å². The van der Waals surface area contributed by atoms with Crippen molar-refractivity contribution in [2.24, 2.45) is 5.92 Å². The van der Waals surface area contributed by atoms with E-state index in [2.05, 4.69) is 0 Å². The van der Waals surface area contributed by atoms with Crippen LogP contribution in [0.1, 0.15) is 5.56 Å². The second-order valence-electron chi connectivity index (χ2n) is 3.35. The number of carbonyl (C=O) groups is 1. The van der Waals surface area contributed by atoms with Crippen molar-refractivity contribution >= 4 is 6.29 Å². The van der Waals surface area contributed by atoms with Crippen LogP contribution >= 0.6 is 0 Å². The van der Waals surface area contributed by atoms with Crippen molar-refractivity contribution in [3.05, 3.63) is 23.8 Å². The van der Waals surface area contributed by atoms with Gasteiger partial charge in [-0.15, -0.1) is 0 Å².